The van der Waals surface area contributed by atoms with Gasteiger partial charge >= 0.3 is 5.97 Å². The van der Waals surface area contributed by atoms with Crippen molar-refractivity contribution in [1.82, 2.24) is 0 Å². The number of furan rings is 1. The molecule has 0 amide bonds. The van der Waals surface area contributed by atoms with E-state index in [1.54, 1.807) is 25.1 Å². The van der Waals surface area contributed by atoms with E-state index in [-0.39, 0.29) is 17.3 Å². The lowest BCUT2D eigenvalue weighted by Gasteiger charge is -2.02. The molecule has 1 heterocycles. The average molecular weight is 265 g/mol. The number of halogens is 1. The summed E-state index contributed by atoms with van der Waals surface area (Å²) in [5.41, 5.74) is 1.14. The van der Waals surface area contributed by atoms with E-state index in [0.29, 0.717) is 16.1 Å². The Bertz CT molecular complexity index is 628. The van der Waals surface area contributed by atoms with Gasteiger partial charge < -0.3 is 9.52 Å². The van der Waals surface area contributed by atoms with Crippen molar-refractivity contribution in [2.24, 2.45) is 0 Å². The first kappa shape index (κ1) is 12.4. The number of ketones is 1. The molecule has 18 heavy (non-hydrogen) atoms. The molecule has 0 aliphatic carbocycles. The molecule has 0 aliphatic rings. The topological polar surface area (TPSA) is 67.5 Å². The van der Waals surface area contributed by atoms with Crippen LogP contribution in [0.2, 0.25) is 5.02 Å². The molecule has 5 heteroatoms. The van der Waals surface area contributed by atoms with Gasteiger partial charge in [0.05, 0.1) is 0 Å². The van der Waals surface area contributed by atoms with Gasteiger partial charge in [-0.2, -0.15) is 0 Å². The van der Waals surface area contributed by atoms with Gasteiger partial charge in [-0.05, 0) is 42.8 Å². The third-order valence-corrected chi connectivity index (χ3v) is 2.71. The lowest BCUT2D eigenvalue weighted by molar-refractivity contribution is 0.0660. The summed E-state index contributed by atoms with van der Waals surface area (Å²) in [5.74, 6) is -1.83. The largest absolute Gasteiger partial charge is 0.475 e. The quantitative estimate of drug-likeness (QED) is 0.865. The third-order valence-electron chi connectivity index (χ3n) is 2.47. The maximum atomic E-state index is 12.1. The van der Waals surface area contributed by atoms with E-state index in [1.807, 2.05) is 0 Å². The predicted molar refractivity (Wildman–Crippen MR) is 65.3 cm³/mol. The number of hydrogen-bond donors (Lipinski definition) is 1. The van der Waals surface area contributed by atoms with Gasteiger partial charge in [-0.1, -0.05) is 11.6 Å². The van der Waals surface area contributed by atoms with Crippen molar-refractivity contribution in [3.05, 3.63) is 58.0 Å². The fraction of sp³-hybridized carbons (Fsp3) is 0.0769. The molecule has 1 aromatic heterocycles. The SMILES string of the molecule is Cc1cc(Cl)ccc1C(=O)c1ccc(C(=O)O)o1. The van der Waals surface area contributed by atoms with Gasteiger partial charge in [0, 0.05) is 10.6 Å². The van der Waals surface area contributed by atoms with Crippen LogP contribution < -0.4 is 0 Å². The first-order valence-electron chi connectivity index (χ1n) is 5.13. The second-order valence-electron chi connectivity index (χ2n) is 3.76. The number of carbonyl (C=O) groups is 2. The first-order valence-corrected chi connectivity index (χ1v) is 5.51. The van der Waals surface area contributed by atoms with E-state index in [9.17, 15) is 9.59 Å². The normalized spacial score (nSPS) is 10.3. The molecule has 0 saturated heterocycles. The molecule has 0 saturated carbocycles. The molecular formula is C13H9ClO4. The summed E-state index contributed by atoms with van der Waals surface area (Å²) in [5, 5.41) is 9.26. The minimum absolute atomic E-state index is 0.00202. The van der Waals surface area contributed by atoms with E-state index >= 15 is 0 Å². The van der Waals surface area contributed by atoms with Gasteiger partial charge in [0.25, 0.3) is 0 Å². The molecule has 2 aromatic rings. The summed E-state index contributed by atoms with van der Waals surface area (Å²) >= 11 is 5.80. The molecule has 0 unspecified atom stereocenters. The maximum Gasteiger partial charge on any atom is 0.371 e. The molecule has 1 N–H and O–H groups in total. The fourth-order valence-corrected chi connectivity index (χ4v) is 1.82. The van der Waals surface area contributed by atoms with Gasteiger partial charge in [-0.15, -0.1) is 0 Å². The molecule has 0 bridgehead atoms. The summed E-state index contributed by atoms with van der Waals surface area (Å²) in [6, 6.07) is 7.45. The van der Waals surface area contributed by atoms with Crippen LogP contribution in [0.1, 0.15) is 32.2 Å². The zero-order chi connectivity index (χ0) is 13.3. The maximum absolute atomic E-state index is 12.1. The zero-order valence-corrected chi connectivity index (χ0v) is 10.2. The van der Waals surface area contributed by atoms with Crippen LogP contribution in [-0.2, 0) is 0 Å². The highest BCUT2D eigenvalue weighted by Crippen LogP contribution is 2.19. The molecule has 0 aliphatic heterocycles. The van der Waals surface area contributed by atoms with E-state index in [0.717, 1.165) is 0 Å². The molecule has 0 spiro atoms. The van der Waals surface area contributed by atoms with E-state index < -0.39 is 5.97 Å². The van der Waals surface area contributed by atoms with Crippen molar-refractivity contribution in [1.29, 1.82) is 0 Å². The molecule has 0 atom stereocenters. The van der Waals surface area contributed by atoms with Crippen molar-refractivity contribution >= 4 is 23.4 Å². The lowest BCUT2D eigenvalue weighted by Crippen LogP contribution is -2.02. The molecule has 92 valence electrons. The highest BCUT2D eigenvalue weighted by atomic mass is 35.5. The molecule has 0 fully saturated rings. The number of hydrogen-bond acceptors (Lipinski definition) is 3. The second-order valence-corrected chi connectivity index (χ2v) is 4.19. The number of aromatic carboxylic acids is 1. The van der Waals surface area contributed by atoms with Crippen LogP contribution in [0.15, 0.2) is 34.7 Å². The van der Waals surface area contributed by atoms with Crippen molar-refractivity contribution in [2.75, 3.05) is 0 Å². The Hall–Kier alpha value is -2.07. The highest BCUT2D eigenvalue weighted by Gasteiger charge is 2.18. The molecule has 4 nitrogen and oxygen atoms in total. The Morgan fingerprint density at radius 2 is 1.83 bits per heavy atom. The van der Waals surface area contributed by atoms with Crippen LogP contribution in [0.5, 0.6) is 0 Å². The Morgan fingerprint density at radius 1 is 1.17 bits per heavy atom. The average Bonchev–Trinajstić information content (AvgIpc) is 2.77. The monoisotopic (exact) mass is 264 g/mol. The summed E-state index contributed by atoms with van der Waals surface area (Å²) in [7, 11) is 0. The highest BCUT2D eigenvalue weighted by molar-refractivity contribution is 6.30. The second kappa shape index (κ2) is 4.66. The smallest absolute Gasteiger partial charge is 0.371 e. The van der Waals surface area contributed by atoms with Gasteiger partial charge in [-0.3, -0.25) is 4.79 Å². The summed E-state index contributed by atoms with van der Waals surface area (Å²) in [6.07, 6.45) is 0. The number of carbonyl (C=O) groups excluding carboxylic acids is 1. The van der Waals surface area contributed by atoms with Gasteiger partial charge in [0.1, 0.15) is 0 Å². The lowest BCUT2D eigenvalue weighted by atomic mass is 10.0. The number of benzene rings is 1. The van der Waals surface area contributed by atoms with Crippen LogP contribution in [0.3, 0.4) is 0 Å². The van der Waals surface area contributed by atoms with Gasteiger partial charge in [0.2, 0.25) is 11.5 Å². The minimum Gasteiger partial charge on any atom is -0.475 e. The van der Waals surface area contributed by atoms with Crippen molar-refractivity contribution in [3.8, 4) is 0 Å². The number of rotatable bonds is 3. The Labute approximate surface area is 108 Å². The molecule has 0 radical (unpaired) electrons. The van der Waals surface area contributed by atoms with Gasteiger partial charge in [-0.25, -0.2) is 4.79 Å². The van der Waals surface area contributed by atoms with Crippen LogP contribution in [-0.4, -0.2) is 16.9 Å². The van der Waals surface area contributed by atoms with Crippen LogP contribution in [0.4, 0.5) is 0 Å². The van der Waals surface area contributed by atoms with E-state index in [2.05, 4.69) is 0 Å². The predicted octanol–water partition coefficient (Wildman–Crippen LogP) is 3.17. The number of carboxylic acid groups (broad SMARTS) is 1. The summed E-state index contributed by atoms with van der Waals surface area (Å²) in [6.45, 7) is 1.75. The first-order chi connectivity index (χ1) is 8.49. The van der Waals surface area contributed by atoms with Crippen molar-refractivity contribution in [2.45, 2.75) is 6.92 Å². The van der Waals surface area contributed by atoms with Crippen molar-refractivity contribution < 1.29 is 19.1 Å². The Balaban J connectivity index is 2.38. The standard InChI is InChI=1S/C13H9ClO4/c1-7-6-8(14)2-3-9(7)12(15)10-4-5-11(18-10)13(16)17/h2-6H,1H3,(H,16,17). The molecular weight excluding hydrogens is 256 g/mol. The number of aryl methyl sites for hydroxylation is 1. The molecule has 1 aromatic carbocycles. The molecule has 2 rings (SSSR count). The van der Waals surface area contributed by atoms with E-state index in [1.165, 1.54) is 12.1 Å². The van der Waals surface area contributed by atoms with Crippen LogP contribution >= 0.6 is 11.6 Å². The number of carboxylic acids is 1. The minimum atomic E-state index is -1.21. The van der Waals surface area contributed by atoms with E-state index in [4.69, 9.17) is 21.1 Å². The summed E-state index contributed by atoms with van der Waals surface area (Å²) < 4.78 is 4.96. The Kier molecular flexibility index (Phi) is 3.21. The Morgan fingerprint density at radius 3 is 2.39 bits per heavy atom. The third kappa shape index (κ3) is 2.28. The zero-order valence-electron chi connectivity index (χ0n) is 9.44. The van der Waals surface area contributed by atoms with Crippen LogP contribution in [0.25, 0.3) is 0 Å². The van der Waals surface area contributed by atoms with Gasteiger partial charge in [0.15, 0.2) is 5.76 Å². The summed E-state index contributed by atoms with van der Waals surface area (Å²) in [4.78, 5) is 22.7. The van der Waals surface area contributed by atoms with Crippen molar-refractivity contribution in [3.63, 3.8) is 0 Å². The van der Waals surface area contributed by atoms with Crippen LogP contribution in [0, 0.1) is 6.92 Å². The fourth-order valence-electron chi connectivity index (χ4n) is 1.59.